The van der Waals surface area contributed by atoms with E-state index in [1.807, 2.05) is 0 Å². The molecular formula is C13H20N2. The summed E-state index contributed by atoms with van der Waals surface area (Å²) >= 11 is 0. The second kappa shape index (κ2) is 4.77. The van der Waals surface area contributed by atoms with Gasteiger partial charge in [0.05, 0.1) is 0 Å². The molecule has 1 fully saturated rings. The maximum absolute atomic E-state index is 5.63. The Morgan fingerprint density at radius 3 is 2.73 bits per heavy atom. The molecule has 82 valence electrons. The van der Waals surface area contributed by atoms with Crippen molar-refractivity contribution in [1.82, 2.24) is 5.32 Å². The first kappa shape index (κ1) is 10.7. The van der Waals surface area contributed by atoms with Crippen LogP contribution >= 0.6 is 0 Å². The standard InChI is InChI=1S/C13H20N2/c1-10-2-4-11(5-3-10)12-7-9-15-13(12)6-8-14/h2-5,12-13,15H,6-9,14H2,1H3. The van der Waals surface area contributed by atoms with Gasteiger partial charge in [-0.25, -0.2) is 0 Å². The van der Waals surface area contributed by atoms with Crippen LogP contribution in [0.2, 0.25) is 0 Å². The van der Waals surface area contributed by atoms with E-state index in [0.717, 1.165) is 19.5 Å². The average molecular weight is 204 g/mol. The van der Waals surface area contributed by atoms with Gasteiger partial charge in [0.25, 0.3) is 0 Å². The minimum atomic E-state index is 0.581. The SMILES string of the molecule is Cc1ccc(C2CCNC2CCN)cc1. The molecular weight excluding hydrogens is 184 g/mol. The molecule has 3 N–H and O–H groups in total. The molecule has 0 bridgehead atoms. The quantitative estimate of drug-likeness (QED) is 0.787. The fourth-order valence-electron chi connectivity index (χ4n) is 2.46. The maximum Gasteiger partial charge on any atom is 0.0148 e. The van der Waals surface area contributed by atoms with Crippen molar-refractivity contribution in [3.8, 4) is 0 Å². The molecule has 2 unspecified atom stereocenters. The van der Waals surface area contributed by atoms with Crippen LogP contribution in [0.3, 0.4) is 0 Å². The van der Waals surface area contributed by atoms with E-state index >= 15 is 0 Å². The monoisotopic (exact) mass is 204 g/mol. The number of hydrogen-bond donors (Lipinski definition) is 2. The average Bonchev–Trinajstić information content (AvgIpc) is 2.68. The highest BCUT2D eigenvalue weighted by atomic mass is 15.0. The Labute approximate surface area is 91.9 Å². The van der Waals surface area contributed by atoms with Crippen LogP contribution in [0.15, 0.2) is 24.3 Å². The van der Waals surface area contributed by atoms with Gasteiger partial charge in [0.1, 0.15) is 0 Å². The van der Waals surface area contributed by atoms with Gasteiger partial charge in [-0.1, -0.05) is 29.8 Å². The molecule has 1 aromatic carbocycles. The van der Waals surface area contributed by atoms with Crippen LogP contribution in [0.25, 0.3) is 0 Å². The van der Waals surface area contributed by atoms with Crippen molar-refractivity contribution in [2.45, 2.75) is 31.7 Å². The molecule has 1 aromatic rings. The normalized spacial score (nSPS) is 25.7. The number of nitrogens with two attached hydrogens (primary N) is 1. The van der Waals surface area contributed by atoms with E-state index in [9.17, 15) is 0 Å². The van der Waals surface area contributed by atoms with Gasteiger partial charge in [-0.05, 0) is 38.4 Å². The summed E-state index contributed by atoms with van der Waals surface area (Å²) in [7, 11) is 0. The smallest absolute Gasteiger partial charge is 0.0148 e. The van der Waals surface area contributed by atoms with E-state index in [4.69, 9.17) is 5.73 Å². The number of benzene rings is 1. The Kier molecular flexibility index (Phi) is 3.39. The molecule has 1 heterocycles. The van der Waals surface area contributed by atoms with Gasteiger partial charge in [-0.3, -0.25) is 0 Å². The van der Waals surface area contributed by atoms with Crippen molar-refractivity contribution >= 4 is 0 Å². The molecule has 0 spiro atoms. The summed E-state index contributed by atoms with van der Waals surface area (Å²) in [6, 6.07) is 9.51. The first-order valence-corrected chi connectivity index (χ1v) is 5.81. The van der Waals surface area contributed by atoms with Gasteiger partial charge < -0.3 is 11.1 Å². The molecule has 0 aliphatic carbocycles. The maximum atomic E-state index is 5.63. The summed E-state index contributed by atoms with van der Waals surface area (Å²) < 4.78 is 0. The van der Waals surface area contributed by atoms with Crippen molar-refractivity contribution in [2.24, 2.45) is 5.73 Å². The third-order valence-corrected chi connectivity index (χ3v) is 3.33. The van der Waals surface area contributed by atoms with Gasteiger partial charge in [-0.2, -0.15) is 0 Å². The van der Waals surface area contributed by atoms with Gasteiger partial charge in [0, 0.05) is 12.0 Å². The Bertz CT molecular complexity index is 305. The summed E-state index contributed by atoms with van der Waals surface area (Å²) in [6.07, 6.45) is 2.33. The van der Waals surface area contributed by atoms with Crippen LogP contribution in [0, 0.1) is 6.92 Å². The topological polar surface area (TPSA) is 38.0 Å². The van der Waals surface area contributed by atoms with E-state index in [1.54, 1.807) is 0 Å². The van der Waals surface area contributed by atoms with Gasteiger partial charge in [0.2, 0.25) is 0 Å². The molecule has 2 nitrogen and oxygen atoms in total. The van der Waals surface area contributed by atoms with Gasteiger partial charge in [0.15, 0.2) is 0 Å². The molecule has 0 amide bonds. The summed E-state index contributed by atoms with van der Waals surface area (Å²) in [5, 5.41) is 3.54. The highest BCUT2D eigenvalue weighted by Gasteiger charge is 2.26. The molecule has 2 rings (SSSR count). The third-order valence-electron chi connectivity index (χ3n) is 3.33. The molecule has 0 saturated carbocycles. The fourth-order valence-corrected chi connectivity index (χ4v) is 2.46. The lowest BCUT2D eigenvalue weighted by Gasteiger charge is -2.19. The summed E-state index contributed by atoms with van der Waals surface area (Å²) in [6.45, 7) is 4.04. The molecule has 1 aliphatic heterocycles. The Morgan fingerprint density at radius 1 is 1.33 bits per heavy atom. The lowest BCUT2D eigenvalue weighted by Crippen LogP contribution is -2.28. The Morgan fingerprint density at radius 2 is 2.07 bits per heavy atom. The molecule has 15 heavy (non-hydrogen) atoms. The van der Waals surface area contributed by atoms with E-state index in [2.05, 4.69) is 36.5 Å². The molecule has 2 heteroatoms. The van der Waals surface area contributed by atoms with E-state index in [-0.39, 0.29) is 0 Å². The van der Waals surface area contributed by atoms with Crippen LogP contribution in [0.5, 0.6) is 0 Å². The van der Waals surface area contributed by atoms with Crippen molar-refractivity contribution in [1.29, 1.82) is 0 Å². The van der Waals surface area contributed by atoms with Crippen molar-refractivity contribution in [3.63, 3.8) is 0 Å². The van der Waals surface area contributed by atoms with E-state index in [1.165, 1.54) is 17.5 Å². The first-order chi connectivity index (χ1) is 7.31. The second-order valence-electron chi connectivity index (χ2n) is 4.44. The number of rotatable bonds is 3. The summed E-state index contributed by atoms with van der Waals surface area (Å²) in [4.78, 5) is 0. The van der Waals surface area contributed by atoms with Crippen LogP contribution in [-0.2, 0) is 0 Å². The highest BCUT2D eigenvalue weighted by molar-refractivity contribution is 5.26. The van der Waals surface area contributed by atoms with E-state index < -0.39 is 0 Å². The van der Waals surface area contributed by atoms with Crippen LogP contribution in [0.4, 0.5) is 0 Å². The fraction of sp³-hybridized carbons (Fsp3) is 0.538. The molecule has 1 saturated heterocycles. The molecule has 1 aliphatic rings. The van der Waals surface area contributed by atoms with E-state index in [0.29, 0.717) is 12.0 Å². The van der Waals surface area contributed by atoms with Crippen LogP contribution < -0.4 is 11.1 Å². The van der Waals surface area contributed by atoms with Crippen LogP contribution in [0.1, 0.15) is 29.9 Å². The predicted octanol–water partition coefficient (Wildman–Crippen LogP) is 1.79. The Hall–Kier alpha value is -0.860. The predicted molar refractivity (Wildman–Crippen MR) is 64.0 cm³/mol. The van der Waals surface area contributed by atoms with Gasteiger partial charge in [-0.15, -0.1) is 0 Å². The zero-order valence-corrected chi connectivity index (χ0v) is 9.37. The highest BCUT2D eigenvalue weighted by Crippen LogP contribution is 2.29. The number of aryl methyl sites for hydroxylation is 1. The Balaban J connectivity index is 2.11. The largest absolute Gasteiger partial charge is 0.330 e. The van der Waals surface area contributed by atoms with Crippen molar-refractivity contribution in [3.05, 3.63) is 35.4 Å². The van der Waals surface area contributed by atoms with Crippen molar-refractivity contribution in [2.75, 3.05) is 13.1 Å². The lowest BCUT2D eigenvalue weighted by molar-refractivity contribution is 0.516. The number of nitrogens with one attached hydrogen (secondary N) is 1. The van der Waals surface area contributed by atoms with Gasteiger partial charge >= 0.3 is 0 Å². The third kappa shape index (κ3) is 2.39. The second-order valence-corrected chi connectivity index (χ2v) is 4.44. The summed E-state index contributed by atoms with van der Waals surface area (Å²) in [5.41, 5.74) is 8.43. The number of hydrogen-bond acceptors (Lipinski definition) is 2. The minimum absolute atomic E-state index is 0.581. The van der Waals surface area contributed by atoms with Crippen molar-refractivity contribution < 1.29 is 0 Å². The summed E-state index contributed by atoms with van der Waals surface area (Å²) in [5.74, 6) is 0.661. The molecule has 0 radical (unpaired) electrons. The first-order valence-electron chi connectivity index (χ1n) is 5.81. The zero-order chi connectivity index (χ0) is 10.7. The van der Waals surface area contributed by atoms with Crippen LogP contribution in [-0.4, -0.2) is 19.1 Å². The zero-order valence-electron chi connectivity index (χ0n) is 9.37. The molecule has 2 atom stereocenters. The molecule has 0 aromatic heterocycles. The minimum Gasteiger partial charge on any atom is -0.330 e. The lowest BCUT2D eigenvalue weighted by atomic mass is 9.90.